The highest BCUT2D eigenvalue weighted by molar-refractivity contribution is 7.07. The molecule has 4 heteroatoms. The van der Waals surface area contributed by atoms with Gasteiger partial charge in [0.1, 0.15) is 5.69 Å². The zero-order valence-electron chi connectivity index (χ0n) is 9.26. The molecule has 0 aromatic carbocycles. The summed E-state index contributed by atoms with van der Waals surface area (Å²) in [6.07, 6.45) is 6.33. The summed E-state index contributed by atoms with van der Waals surface area (Å²) in [6, 6.07) is 0.503. The summed E-state index contributed by atoms with van der Waals surface area (Å²) in [7, 11) is 0. The minimum atomic E-state index is 0.149. The van der Waals surface area contributed by atoms with Crippen LogP contribution in [0.1, 0.15) is 42.6 Å². The van der Waals surface area contributed by atoms with E-state index in [0.717, 1.165) is 12.5 Å². The molecule has 1 saturated heterocycles. The number of fused-ring (bicyclic) bond motifs is 1. The molecule has 0 N–H and O–H groups in total. The van der Waals surface area contributed by atoms with Crippen molar-refractivity contribution in [3.05, 3.63) is 16.6 Å². The van der Waals surface area contributed by atoms with Gasteiger partial charge in [0.05, 0.1) is 5.51 Å². The topological polar surface area (TPSA) is 33.2 Å². The summed E-state index contributed by atoms with van der Waals surface area (Å²) >= 11 is 1.50. The second kappa shape index (κ2) is 4.17. The lowest BCUT2D eigenvalue weighted by Crippen LogP contribution is -2.39. The first-order valence-electron chi connectivity index (χ1n) is 6.05. The van der Waals surface area contributed by atoms with Crippen LogP contribution in [0.2, 0.25) is 0 Å². The van der Waals surface area contributed by atoms with Gasteiger partial charge < -0.3 is 4.90 Å². The largest absolute Gasteiger partial charge is 0.334 e. The van der Waals surface area contributed by atoms with Crippen molar-refractivity contribution in [3.63, 3.8) is 0 Å². The Morgan fingerprint density at radius 1 is 1.38 bits per heavy atom. The van der Waals surface area contributed by atoms with Crippen LogP contribution in [0.25, 0.3) is 0 Å². The van der Waals surface area contributed by atoms with E-state index in [-0.39, 0.29) is 5.91 Å². The van der Waals surface area contributed by atoms with Crippen LogP contribution in [-0.2, 0) is 0 Å². The third-order valence-corrected chi connectivity index (χ3v) is 4.51. The van der Waals surface area contributed by atoms with Gasteiger partial charge in [0.25, 0.3) is 5.91 Å². The third-order valence-electron chi connectivity index (χ3n) is 3.92. The standard InChI is InChI=1S/C12H16N2OS/c15-12(10-7-16-8-13-10)14-6-5-9-3-1-2-4-11(9)14/h7-9,11H,1-6H2. The molecule has 0 spiro atoms. The lowest BCUT2D eigenvalue weighted by atomic mass is 9.85. The SMILES string of the molecule is O=C(c1cscn1)N1CCC2CCCCC21. The minimum absolute atomic E-state index is 0.149. The van der Waals surface area contributed by atoms with Gasteiger partial charge in [-0.05, 0) is 25.2 Å². The normalized spacial score (nSPS) is 29.1. The fourth-order valence-corrected chi connectivity index (χ4v) is 3.65. The predicted octanol–water partition coefficient (Wildman–Crippen LogP) is 2.55. The number of thiazole rings is 1. The minimum Gasteiger partial charge on any atom is -0.334 e. The number of aromatic nitrogens is 1. The highest BCUT2D eigenvalue weighted by Crippen LogP contribution is 2.36. The molecule has 1 aliphatic heterocycles. The number of carbonyl (C=O) groups is 1. The summed E-state index contributed by atoms with van der Waals surface area (Å²) in [6.45, 7) is 0.936. The fraction of sp³-hybridized carbons (Fsp3) is 0.667. The number of nitrogens with zero attached hydrogens (tertiary/aromatic N) is 2. The number of carbonyl (C=O) groups excluding carboxylic acids is 1. The van der Waals surface area contributed by atoms with Gasteiger partial charge in [0.2, 0.25) is 0 Å². The second-order valence-electron chi connectivity index (χ2n) is 4.77. The third kappa shape index (κ3) is 1.65. The van der Waals surface area contributed by atoms with Crippen molar-refractivity contribution in [2.75, 3.05) is 6.54 Å². The van der Waals surface area contributed by atoms with Crippen LogP contribution in [0.4, 0.5) is 0 Å². The van der Waals surface area contributed by atoms with Crippen molar-refractivity contribution in [2.24, 2.45) is 5.92 Å². The Labute approximate surface area is 99.5 Å². The van der Waals surface area contributed by atoms with Crippen molar-refractivity contribution in [3.8, 4) is 0 Å². The molecule has 0 radical (unpaired) electrons. The lowest BCUT2D eigenvalue weighted by molar-refractivity contribution is 0.0685. The van der Waals surface area contributed by atoms with Gasteiger partial charge in [-0.15, -0.1) is 11.3 Å². The second-order valence-corrected chi connectivity index (χ2v) is 5.49. The molecule has 3 rings (SSSR count). The first-order chi connectivity index (χ1) is 7.86. The average molecular weight is 236 g/mol. The van der Waals surface area contributed by atoms with Gasteiger partial charge in [0, 0.05) is 18.0 Å². The molecule has 1 aromatic rings. The van der Waals surface area contributed by atoms with E-state index in [9.17, 15) is 4.79 Å². The van der Waals surface area contributed by atoms with Crippen LogP contribution in [0.3, 0.4) is 0 Å². The van der Waals surface area contributed by atoms with Crippen molar-refractivity contribution >= 4 is 17.2 Å². The number of hydrogen-bond donors (Lipinski definition) is 0. The molecular formula is C12H16N2OS. The molecule has 1 aliphatic carbocycles. The zero-order chi connectivity index (χ0) is 11.0. The molecule has 2 fully saturated rings. The molecule has 1 aromatic heterocycles. The maximum Gasteiger partial charge on any atom is 0.273 e. The highest BCUT2D eigenvalue weighted by Gasteiger charge is 2.38. The number of rotatable bonds is 1. The highest BCUT2D eigenvalue weighted by atomic mass is 32.1. The lowest BCUT2D eigenvalue weighted by Gasteiger charge is -2.31. The van der Waals surface area contributed by atoms with Gasteiger partial charge in [-0.3, -0.25) is 4.79 Å². The molecular weight excluding hydrogens is 220 g/mol. The zero-order valence-corrected chi connectivity index (χ0v) is 10.1. The molecule has 16 heavy (non-hydrogen) atoms. The predicted molar refractivity (Wildman–Crippen MR) is 63.5 cm³/mol. The van der Waals surface area contributed by atoms with Crippen LogP contribution in [0.15, 0.2) is 10.9 Å². The van der Waals surface area contributed by atoms with Gasteiger partial charge in [-0.1, -0.05) is 12.8 Å². The van der Waals surface area contributed by atoms with Crippen molar-refractivity contribution in [2.45, 2.75) is 38.1 Å². The van der Waals surface area contributed by atoms with E-state index in [1.807, 2.05) is 5.38 Å². The van der Waals surface area contributed by atoms with E-state index < -0.39 is 0 Å². The van der Waals surface area contributed by atoms with Crippen molar-refractivity contribution in [1.29, 1.82) is 0 Å². The molecule has 0 bridgehead atoms. The Morgan fingerprint density at radius 3 is 3.06 bits per heavy atom. The molecule has 2 aliphatic rings. The van der Waals surface area contributed by atoms with E-state index in [1.165, 1.54) is 43.4 Å². The van der Waals surface area contributed by atoms with Gasteiger partial charge in [-0.2, -0.15) is 0 Å². The summed E-state index contributed by atoms with van der Waals surface area (Å²) in [5, 5.41) is 1.86. The van der Waals surface area contributed by atoms with Crippen LogP contribution >= 0.6 is 11.3 Å². The Balaban J connectivity index is 1.78. The van der Waals surface area contributed by atoms with Crippen LogP contribution in [-0.4, -0.2) is 28.4 Å². The van der Waals surface area contributed by atoms with E-state index in [4.69, 9.17) is 0 Å². The van der Waals surface area contributed by atoms with Crippen molar-refractivity contribution < 1.29 is 4.79 Å². The molecule has 3 nitrogen and oxygen atoms in total. The van der Waals surface area contributed by atoms with Gasteiger partial charge >= 0.3 is 0 Å². The van der Waals surface area contributed by atoms with E-state index in [2.05, 4.69) is 9.88 Å². The molecule has 1 amide bonds. The molecule has 2 heterocycles. The van der Waals surface area contributed by atoms with Gasteiger partial charge in [0.15, 0.2) is 0 Å². The Kier molecular flexibility index (Phi) is 2.67. The Hall–Kier alpha value is -0.900. The summed E-state index contributed by atoms with van der Waals surface area (Å²) in [5.74, 6) is 0.909. The summed E-state index contributed by atoms with van der Waals surface area (Å²) in [5.41, 5.74) is 2.37. The maximum absolute atomic E-state index is 12.2. The quantitative estimate of drug-likeness (QED) is 0.750. The number of likely N-dealkylation sites (tertiary alicyclic amines) is 1. The Morgan fingerprint density at radius 2 is 2.25 bits per heavy atom. The molecule has 86 valence electrons. The Bertz CT molecular complexity index is 376. The number of hydrogen-bond acceptors (Lipinski definition) is 3. The van der Waals surface area contributed by atoms with E-state index >= 15 is 0 Å². The first kappa shape index (κ1) is 10.3. The summed E-state index contributed by atoms with van der Waals surface area (Å²) < 4.78 is 0. The van der Waals surface area contributed by atoms with E-state index in [0.29, 0.717) is 11.7 Å². The van der Waals surface area contributed by atoms with Crippen LogP contribution in [0.5, 0.6) is 0 Å². The first-order valence-corrected chi connectivity index (χ1v) is 6.99. The molecule has 1 saturated carbocycles. The smallest absolute Gasteiger partial charge is 0.273 e. The maximum atomic E-state index is 12.2. The van der Waals surface area contributed by atoms with E-state index in [1.54, 1.807) is 5.51 Å². The monoisotopic (exact) mass is 236 g/mol. The average Bonchev–Trinajstić information content (AvgIpc) is 2.98. The number of amides is 1. The fourth-order valence-electron chi connectivity index (χ4n) is 3.12. The summed E-state index contributed by atoms with van der Waals surface area (Å²) in [4.78, 5) is 18.4. The van der Waals surface area contributed by atoms with Gasteiger partial charge in [-0.25, -0.2) is 4.98 Å². The molecule has 2 unspecified atom stereocenters. The van der Waals surface area contributed by atoms with Crippen LogP contribution in [0, 0.1) is 5.92 Å². The molecule has 2 atom stereocenters. The van der Waals surface area contributed by atoms with Crippen LogP contribution < -0.4 is 0 Å². The van der Waals surface area contributed by atoms with Crippen molar-refractivity contribution in [1.82, 2.24) is 9.88 Å².